The largest absolute Gasteiger partial charge is 0.343 e. The van der Waals surface area contributed by atoms with E-state index in [-0.39, 0.29) is 18.4 Å². The number of benzene rings is 1. The smallest absolute Gasteiger partial charge is 0.251 e. The summed E-state index contributed by atoms with van der Waals surface area (Å²) in [6.45, 7) is 4.14. The first-order valence-corrected chi connectivity index (χ1v) is 7.82. The van der Waals surface area contributed by atoms with E-state index in [0.717, 1.165) is 18.5 Å². The number of hydrogen-bond donors (Lipinski definition) is 3. The molecular weight excluding hydrogens is 292 g/mol. The summed E-state index contributed by atoms with van der Waals surface area (Å²) in [5.74, 6) is 0.300. The van der Waals surface area contributed by atoms with Crippen molar-refractivity contribution in [1.29, 1.82) is 0 Å². The minimum absolute atomic E-state index is 0.0963. The number of aromatic amines is 1. The Balaban J connectivity index is 1.84. The topological polar surface area (TPSA) is 86.9 Å². The first-order chi connectivity index (χ1) is 11.1. The molecule has 122 valence electrons. The van der Waals surface area contributed by atoms with Crippen LogP contribution in [0.15, 0.2) is 36.4 Å². The quantitative estimate of drug-likeness (QED) is 0.734. The van der Waals surface area contributed by atoms with Crippen molar-refractivity contribution in [3.05, 3.63) is 47.7 Å². The molecule has 0 fully saturated rings. The summed E-state index contributed by atoms with van der Waals surface area (Å²) in [6, 6.07) is 10.6. The van der Waals surface area contributed by atoms with E-state index in [4.69, 9.17) is 0 Å². The molecule has 1 aromatic heterocycles. The molecule has 0 radical (unpaired) electrons. The van der Waals surface area contributed by atoms with Crippen LogP contribution in [-0.2, 0) is 4.79 Å². The van der Waals surface area contributed by atoms with Crippen LogP contribution in [0.2, 0.25) is 0 Å². The van der Waals surface area contributed by atoms with E-state index in [9.17, 15) is 9.59 Å². The predicted octanol–water partition coefficient (Wildman–Crippen LogP) is 2.68. The molecule has 0 aliphatic carbocycles. The molecule has 1 heterocycles. The van der Waals surface area contributed by atoms with Gasteiger partial charge in [-0.3, -0.25) is 14.7 Å². The molecule has 0 bridgehead atoms. The van der Waals surface area contributed by atoms with Gasteiger partial charge in [-0.1, -0.05) is 32.0 Å². The van der Waals surface area contributed by atoms with E-state index >= 15 is 0 Å². The molecule has 0 aliphatic rings. The molecule has 1 aromatic carbocycles. The molecule has 0 spiro atoms. The Bertz CT molecular complexity index is 648. The zero-order valence-corrected chi connectivity index (χ0v) is 13.4. The monoisotopic (exact) mass is 314 g/mol. The van der Waals surface area contributed by atoms with Gasteiger partial charge in [-0.15, -0.1) is 0 Å². The van der Waals surface area contributed by atoms with Crippen LogP contribution in [-0.4, -0.2) is 28.6 Å². The molecule has 6 heteroatoms. The highest BCUT2D eigenvalue weighted by Gasteiger charge is 2.12. The Morgan fingerprint density at radius 3 is 2.52 bits per heavy atom. The first kappa shape index (κ1) is 16.7. The van der Waals surface area contributed by atoms with E-state index in [0.29, 0.717) is 17.3 Å². The van der Waals surface area contributed by atoms with Gasteiger partial charge in [-0.2, -0.15) is 5.10 Å². The third-order valence-corrected chi connectivity index (χ3v) is 3.74. The number of carbonyl (C=O) groups is 2. The summed E-state index contributed by atoms with van der Waals surface area (Å²) in [5, 5.41) is 12.3. The normalized spacial score (nSPS) is 10.6. The molecule has 0 atom stereocenters. The molecular formula is C17H22N4O2. The zero-order valence-electron chi connectivity index (χ0n) is 13.4. The van der Waals surface area contributed by atoms with E-state index in [1.807, 2.05) is 12.1 Å². The number of carbonyl (C=O) groups excluding carboxylic acids is 2. The van der Waals surface area contributed by atoms with E-state index < -0.39 is 0 Å². The highest BCUT2D eigenvalue weighted by atomic mass is 16.2. The summed E-state index contributed by atoms with van der Waals surface area (Å²) in [4.78, 5) is 23.7. The zero-order chi connectivity index (χ0) is 16.7. The Morgan fingerprint density at radius 1 is 1.17 bits per heavy atom. The lowest BCUT2D eigenvalue weighted by Crippen LogP contribution is -2.32. The third kappa shape index (κ3) is 4.67. The number of H-pyrrole nitrogens is 1. The Labute approximate surface area is 135 Å². The first-order valence-electron chi connectivity index (χ1n) is 7.82. The second-order valence-corrected chi connectivity index (χ2v) is 5.32. The molecule has 0 aliphatic heterocycles. The summed E-state index contributed by atoms with van der Waals surface area (Å²) < 4.78 is 0. The van der Waals surface area contributed by atoms with Gasteiger partial charge in [-0.25, -0.2) is 0 Å². The second kappa shape index (κ2) is 8.12. The number of rotatable bonds is 7. The minimum atomic E-state index is -0.308. The molecule has 0 saturated carbocycles. The maximum atomic E-state index is 11.9. The summed E-state index contributed by atoms with van der Waals surface area (Å²) in [6.07, 6.45) is 2.03. The number of aromatic nitrogens is 2. The molecule has 3 N–H and O–H groups in total. The van der Waals surface area contributed by atoms with Crippen LogP contribution in [0.25, 0.3) is 0 Å². The van der Waals surface area contributed by atoms with Crippen LogP contribution in [0.4, 0.5) is 5.82 Å². The fourth-order valence-electron chi connectivity index (χ4n) is 2.38. The van der Waals surface area contributed by atoms with Gasteiger partial charge in [0, 0.05) is 23.2 Å². The lowest BCUT2D eigenvalue weighted by molar-refractivity contribution is -0.115. The average Bonchev–Trinajstić information content (AvgIpc) is 3.03. The molecule has 23 heavy (non-hydrogen) atoms. The van der Waals surface area contributed by atoms with Gasteiger partial charge in [0.05, 0.1) is 6.54 Å². The number of hydrogen-bond acceptors (Lipinski definition) is 3. The van der Waals surface area contributed by atoms with Gasteiger partial charge < -0.3 is 10.6 Å². The Morgan fingerprint density at radius 2 is 1.87 bits per heavy atom. The molecule has 0 unspecified atom stereocenters. The Hall–Kier alpha value is -2.63. The highest BCUT2D eigenvalue weighted by molar-refractivity contribution is 5.98. The molecule has 2 rings (SSSR count). The molecule has 2 aromatic rings. The summed E-state index contributed by atoms with van der Waals surface area (Å²) >= 11 is 0. The number of amides is 2. The SMILES string of the molecule is CCC(CC)c1cc(NC(=O)CNC(=O)c2ccccc2)n[nH]1. The number of nitrogens with one attached hydrogen (secondary N) is 3. The van der Waals surface area contributed by atoms with Gasteiger partial charge in [0.1, 0.15) is 0 Å². The number of anilines is 1. The lowest BCUT2D eigenvalue weighted by atomic mass is 10.00. The maximum Gasteiger partial charge on any atom is 0.251 e. The summed E-state index contributed by atoms with van der Waals surface area (Å²) in [7, 11) is 0. The van der Waals surface area contributed by atoms with Crippen LogP contribution in [0.3, 0.4) is 0 Å². The van der Waals surface area contributed by atoms with Crippen molar-refractivity contribution in [2.24, 2.45) is 0 Å². The average molecular weight is 314 g/mol. The van der Waals surface area contributed by atoms with Gasteiger partial charge in [0.2, 0.25) is 5.91 Å². The predicted molar refractivity (Wildman–Crippen MR) is 89.3 cm³/mol. The van der Waals surface area contributed by atoms with E-state index in [1.165, 1.54) is 0 Å². The highest BCUT2D eigenvalue weighted by Crippen LogP contribution is 2.22. The van der Waals surface area contributed by atoms with Gasteiger partial charge in [-0.05, 0) is 25.0 Å². The van der Waals surface area contributed by atoms with Crippen LogP contribution in [0.5, 0.6) is 0 Å². The molecule has 2 amide bonds. The minimum Gasteiger partial charge on any atom is -0.343 e. The number of nitrogens with zero attached hydrogens (tertiary/aromatic N) is 1. The molecule has 0 saturated heterocycles. The second-order valence-electron chi connectivity index (χ2n) is 5.32. The molecule has 6 nitrogen and oxygen atoms in total. The van der Waals surface area contributed by atoms with Crippen LogP contribution >= 0.6 is 0 Å². The van der Waals surface area contributed by atoms with Crippen molar-refractivity contribution in [3.63, 3.8) is 0 Å². The van der Waals surface area contributed by atoms with Crippen molar-refractivity contribution in [2.45, 2.75) is 32.6 Å². The van der Waals surface area contributed by atoms with Crippen molar-refractivity contribution < 1.29 is 9.59 Å². The van der Waals surface area contributed by atoms with Gasteiger partial charge in [0.15, 0.2) is 5.82 Å². The van der Waals surface area contributed by atoms with Crippen molar-refractivity contribution in [3.8, 4) is 0 Å². The van der Waals surface area contributed by atoms with Gasteiger partial charge >= 0.3 is 0 Å². The van der Waals surface area contributed by atoms with Crippen LogP contribution in [0.1, 0.15) is 48.7 Å². The fraction of sp³-hybridized carbons (Fsp3) is 0.353. The summed E-state index contributed by atoms with van der Waals surface area (Å²) in [5.41, 5.74) is 1.54. The Kier molecular flexibility index (Phi) is 5.91. The van der Waals surface area contributed by atoms with Crippen molar-refractivity contribution in [2.75, 3.05) is 11.9 Å². The maximum absolute atomic E-state index is 11.9. The fourth-order valence-corrected chi connectivity index (χ4v) is 2.38. The van der Waals surface area contributed by atoms with Crippen molar-refractivity contribution in [1.82, 2.24) is 15.5 Å². The lowest BCUT2D eigenvalue weighted by Gasteiger charge is -2.08. The van der Waals surface area contributed by atoms with Gasteiger partial charge in [0.25, 0.3) is 5.91 Å². The standard InChI is InChI=1S/C17H22N4O2/c1-3-12(4-2)14-10-15(21-20-14)19-16(22)11-18-17(23)13-8-6-5-7-9-13/h5-10,12H,3-4,11H2,1-2H3,(H,18,23)(H2,19,20,21,22). The van der Waals surface area contributed by atoms with Crippen molar-refractivity contribution >= 4 is 17.6 Å². The van der Waals surface area contributed by atoms with Crippen LogP contribution < -0.4 is 10.6 Å². The third-order valence-electron chi connectivity index (χ3n) is 3.74. The van der Waals surface area contributed by atoms with E-state index in [1.54, 1.807) is 24.3 Å². The van der Waals surface area contributed by atoms with Crippen LogP contribution in [0, 0.1) is 0 Å². The van der Waals surface area contributed by atoms with E-state index in [2.05, 4.69) is 34.7 Å².